The number of nitrogens with zero attached hydrogens (tertiary/aromatic N) is 2. The van der Waals surface area contributed by atoms with Gasteiger partial charge in [0.1, 0.15) is 11.6 Å². The van der Waals surface area contributed by atoms with Gasteiger partial charge in [0.15, 0.2) is 0 Å². The number of rotatable bonds is 3. The summed E-state index contributed by atoms with van der Waals surface area (Å²) in [6.07, 6.45) is -3.32. The molecule has 0 spiro atoms. The van der Waals surface area contributed by atoms with Gasteiger partial charge in [-0.05, 0) is 0 Å². The number of amides is 1. The Labute approximate surface area is 115 Å². The molecule has 2 heterocycles. The van der Waals surface area contributed by atoms with E-state index in [9.17, 15) is 22.8 Å². The van der Waals surface area contributed by atoms with Crippen molar-refractivity contribution in [1.82, 2.24) is 15.1 Å². The summed E-state index contributed by atoms with van der Waals surface area (Å²) in [4.78, 5) is 22.7. The molecule has 0 radical (unpaired) electrons. The van der Waals surface area contributed by atoms with E-state index in [4.69, 9.17) is 11.6 Å². The first kappa shape index (κ1) is 14.6. The molecule has 110 valence electrons. The van der Waals surface area contributed by atoms with Crippen LogP contribution in [0.5, 0.6) is 0 Å². The van der Waals surface area contributed by atoms with Crippen LogP contribution in [0, 0.1) is 0 Å². The van der Waals surface area contributed by atoms with E-state index < -0.39 is 18.3 Å². The van der Waals surface area contributed by atoms with Gasteiger partial charge in [-0.15, -0.1) is 0 Å². The summed E-state index contributed by atoms with van der Waals surface area (Å²) in [5, 5.41) is 8.40. The summed E-state index contributed by atoms with van der Waals surface area (Å²) in [5.41, 5.74) is -0.928. The van der Waals surface area contributed by atoms with Crippen molar-refractivity contribution in [3.63, 3.8) is 0 Å². The lowest BCUT2D eigenvalue weighted by molar-refractivity contribution is -0.143. The van der Waals surface area contributed by atoms with Crippen LogP contribution in [0.4, 0.5) is 18.9 Å². The van der Waals surface area contributed by atoms with Crippen molar-refractivity contribution in [3.05, 3.63) is 21.6 Å². The maximum atomic E-state index is 12.2. The van der Waals surface area contributed by atoms with Crippen LogP contribution in [0.15, 0.2) is 11.0 Å². The molecule has 0 saturated carbocycles. The first-order valence-corrected chi connectivity index (χ1v) is 5.99. The highest BCUT2D eigenvalue weighted by atomic mass is 35.5. The zero-order valence-corrected chi connectivity index (χ0v) is 10.8. The molecule has 1 aromatic heterocycles. The fraction of sp³-hybridized carbons (Fsp3) is 0.500. The van der Waals surface area contributed by atoms with Crippen LogP contribution in [-0.4, -0.2) is 34.5 Å². The van der Waals surface area contributed by atoms with Gasteiger partial charge in [0, 0.05) is 13.0 Å². The van der Waals surface area contributed by atoms with E-state index in [-0.39, 0.29) is 33.8 Å². The van der Waals surface area contributed by atoms with Crippen LogP contribution in [0.1, 0.15) is 6.42 Å². The largest absolute Gasteiger partial charge is 0.408 e. The molecule has 1 aliphatic rings. The number of aromatic nitrogens is 2. The molecule has 10 heteroatoms. The summed E-state index contributed by atoms with van der Waals surface area (Å²) in [7, 11) is 0. The average molecular weight is 311 g/mol. The SMILES string of the molecule is O=C1CC(Nc2cnn(CC(F)(F)F)c(=O)c2Cl)CN1. The normalized spacial score (nSPS) is 19.0. The standard InChI is InChI=1S/C10H10ClF3N4O2/c11-8-6(17-5-1-7(19)15-2-5)3-16-18(9(8)20)4-10(12,13)14/h3,5,17H,1-2,4H2,(H,15,19). The highest BCUT2D eigenvalue weighted by Crippen LogP contribution is 2.20. The molecule has 1 unspecified atom stereocenters. The van der Waals surface area contributed by atoms with Crippen LogP contribution in [0.2, 0.25) is 5.02 Å². The van der Waals surface area contributed by atoms with Crippen molar-refractivity contribution in [2.24, 2.45) is 0 Å². The molecule has 0 bridgehead atoms. The zero-order chi connectivity index (χ0) is 14.9. The Morgan fingerprint density at radius 1 is 1.50 bits per heavy atom. The zero-order valence-electron chi connectivity index (χ0n) is 10.00. The van der Waals surface area contributed by atoms with Crippen LogP contribution in [0.25, 0.3) is 0 Å². The van der Waals surface area contributed by atoms with Crippen molar-refractivity contribution >= 4 is 23.2 Å². The van der Waals surface area contributed by atoms with Crippen LogP contribution in [0.3, 0.4) is 0 Å². The third-order valence-electron chi connectivity index (χ3n) is 2.65. The molecular weight excluding hydrogens is 301 g/mol. The van der Waals surface area contributed by atoms with E-state index in [0.29, 0.717) is 6.54 Å². The molecule has 1 saturated heterocycles. The number of carbonyl (C=O) groups excluding carboxylic acids is 1. The number of halogens is 4. The van der Waals surface area contributed by atoms with Gasteiger partial charge >= 0.3 is 6.18 Å². The van der Waals surface area contributed by atoms with Crippen LogP contribution in [-0.2, 0) is 11.3 Å². The maximum absolute atomic E-state index is 12.2. The molecule has 2 rings (SSSR count). The summed E-state index contributed by atoms with van der Waals surface area (Å²) in [6.45, 7) is -1.16. The molecule has 0 aromatic carbocycles. The fourth-order valence-corrected chi connectivity index (χ4v) is 1.98. The first-order valence-electron chi connectivity index (χ1n) is 5.62. The Hall–Kier alpha value is -1.77. The van der Waals surface area contributed by atoms with Gasteiger partial charge in [-0.3, -0.25) is 9.59 Å². The third kappa shape index (κ3) is 3.41. The highest BCUT2D eigenvalue weighted by Gasteiger charge is 2.30. The summed E-state index contributed by atoms with van der Waals surface area (Å²) >= 11 is 5.73. The van der Waals surface area contributed by atoms with E-state index in [1.807, 2.05) is 0 Å². The minimum absolute atomic E-state index is 0.108. The van der Waals surface area contributed by atoms with E-state index >= 15 is 0 Å². The molecule has 1 amide bonds. The number of hydrogen-bond donors (Lipinski definition) is 2. The van der Waals surface area contributed by atoms with Crippen LogP contribution < -0.4 is 16.2 Å². The monoisotopic (exact) mass is 310 g/mol. The van der Waals surface area contributed by atoms with Gasteiger partial charge < -0.3 is 10.6 Å². The van der Waals surface area contributed by atoms with Crippen molar-refractivity contribution in [3.8, 4) is 0 Å². The quantitative estimate of drug-likeness (QED) is 0.864. The van der Waals surface area contributed by atoms with Crippen LogP contribution >= 0.6 is 11.6 Å². The Morgan fingerprint density at radius 2 is 2.20 bits per heavy atom. The second-order valence-corrected chi connectivity index (χ2v) is 4.68. The number of anilines is 1. The minimum atomic E-state index is -4.56. The molecule has 0 aliphatic carbocycles. The third-order valence-corrected chi connectivity index (χ3v) is 3.02. The van der Waals surface area contributed by atoms with E-state index in [2.05, 4.69) is 15.7 Å². The van der Waals surface area contributed by atoms with Gasteiger partial charge in [-0.1, -0.05) is 11.6 Å². The van der Waals surface area contributed by atoms with Crippen molar-refractivity contribution < 1.29 is 18.0 Å². The Balaban J connectivity index is 2.18. The van der Waals surface area contributed by atoms with E-state index in [1.54, 1.807) is 0 Å². The second kappa shape index (κ2) is 5.31. The van der Waals surface area contributed by atoms with Gasteiger partial charge in [-0.2, -0.15) is 18.3 Å². The smallest absolute Gasteiger partial charge is 0.377 e. The molecular formula is C10H10ClF3N4O2. The van der Waals surface area contributed by atoms with Gasteiger partial charge in [0.2, 0.25) is 5.91 Å². The summed E-state index contributed by atoms with van der Waals surface area (Å²) in [6, 6.07) is -0.278. The molecule has 2 N–H and O–H groups in total. The average Bonchev–Trinajstić information content (AvgIpc) is 2.73. The Kier molecular flexibility index (Phi) is 3.89. The molecule has 6 nitrogen and oxygen atoms in total. The predicted octanol–water partition coefficient (Wildman–Crippen LogP) is 0.759. The molecule has 1 fully saturated rings. The second-order valence-electron chi connectivity index (χ2n) is 4.30. The lowest BCUT2D eigenvalue weighted by Gasteiger charge is -2.14. The fourth-order valence-electron chi connectivity index (χ4n) is 1.78. The van der Waals surface area contributed by atoms with Gasteiger partial charge in [0.05, 0.1) is 17.9 Å². The topological polar surface area (TPSA) is 76.0 Å². The maximum Gasteiger partial charge on any atom is 0.408 e. The predicted molar refractivity (Wildman–Crippen MR) is 64.6 cm³/mol. The van der Waals surface area contributed by atoms with Crippen molar-refractivity contribution in [2.75, 3.05) is 11.9 Å². The Bertz CT molecular complexity index is 587. The Morgan fingerprint density at radius 3 is 2.75 bits per heavy atom. The van der Waals surface area contributed by atoms with Gasteiger partial charge in [-0.25, -0.2) is 4.68 Å². The molecule has 1 aliphatic heterocycles. The van der Waals surface area contributed by atoms with E-state index in [1.165, 1.54) is 0 Å². The number of alkyl halides is 3. The number of hydrogen-bond acceptors (Lipinski definition) is 4. The summed E-state index contributed by atoms with van der Waals surface area (Å²) < 4.78 is 36.9. The minimum Gasteiger partial charge on any atom is -0.377 e. The lowest BCUT2D eigenvalue weighted by Crippen LogP contribution is -2.32. The van der Waals surface area contributed by atoms with Crippen molar-refractivity contribution in [1.29, 1.82) is 0 Å². The highest BCUT2D eigenvalue weighted by molar-refractivity contribution is 6.32. The number of nitrogens with one attached hydrogen (secondary N) is 2. The molecule has 1 aromatic rings. The first-order chi connectivity index (χ1) is 9.26. The lowest BCUT2D eigenvalue weighted by atomic mass is 10.2. The van der Waals surface area contributed by atoms with Gasteiger partial charge in [0.25, 0.3) is 5.56 Å². The summed E-state index contributed by atoms with van der Waals surface area (Å²) in [5.74, 6) is -0.156. The van der Waals surface area contributed by atoms with Crippen molar-refractivity contribution in [2.45, 2.75) is 25.2 Å². The number of carbonyl (C=O) groups is 1. The molecule has 1 atom stereocenters. The molecule has 20 heavy (non-hydrogen) atoms. The van der Waals surface area contributed by atoms with E-state index in [0.717, 1.165) is 6.20 Å².